The molecule has 1 aromatic carbocycles. The highest BCUT2D eigenvalue weighted by Gasteiger charge is 2.35. The number of nitrogens with one attached hydrogen (secondary N) is 1. The van der Waals surface area contributed by atoms with Crippen molar-refractivity contribution in [3.05, 3.63) is 51.4 Å². The third kappa shape index (κ3) is 4.07. The number of anilines is 1. The number of carbonyl (C=O) groups is 4. The zero-order valence-electron chi connectivity index (χ0n) is 18.2. The third-order valence-corrected chi connectivity index (χ3v) is 7.13. The Morgan fingerprint density at radius 3 is 2.53 bits per heavy atom. The predicted octanol–water partition coefficient (Wildman–Crippen LogP) is 4.38. The van der Waals surface area contributed by atoms with Crippen LogP contribution in [0.4, 0.5) is 5.00 Å². The first-order valence-corrected chi connectivity index (χ1v) is 11.8. The normalized spacial score (nSPS) is 17.2. The van der Waals surface area contributed by atoms with Crippen LogP contribution < -0.4 is 5.32 Å². The molecule has 1 aromatic heterocycles. The van der Waals surface area contributed by atoms with Crippen LogP contribution >= 0.6 is 11.3 Å². The van der Waals surface area contributed by atoms with Gasteiger partial charge in [0, 0.05) is 17.8 Å². The van der Waals surface area contributed by atoms with Crippen LogP contribution in [0.25, 0.3) is 0 Å². The lowest BCUT2D eigenvalue weighted by Gasteiger charge is -2.19. The smallest absolute Gasteiger partial charge is 0.341 e. The standard InChI is InChI=1S/C24H26N2O5S/c1-3-31-24(30)20-19-14(2)8-6-11-17(19)32-21(20)25-18(27)12-7-13-26-22(28)15-9-4-5-10-16(15)23(26)29/h4-5,9-10,14H,3,6-8,11-13H2,1-2H3,(H,25,27). The van der Waals surface area contributed by atoms with Crippen molar-refractivity contribution in [2.45, 2.75) is 51.9 Å². The zero-order chi connectivity index (χ0) is 22.8. The lowest BCUT2D eigenvalue weighted by Crippen LogP contribution is -2.31. The van der Waals surface area contributed by atoms with E-state index in [4.69, 9.17) is 4.74 Å². The highest BCUT2D eigenvalue weighted by Crippen LogP contribution is 2.43. The Hall–Kier alpha value is -3.00. The molecule has 0 saturated heterocycles. The first-order chi connectivity index (χ1) is 15.4. The van der Waals surface area contributed by atoms with Gasteiger partial charge >= 0.3 is 5.97 Å². The molecule has 1 atom stereocenters. The fraction of sp³-hybridized carbons (Fsp3) is 0.417. The van der Waals surface area contributed by atoms with Crippen LogP contribution in [-0.4, -0.2) is 41.7 Å². The van der Waals surface area contributed by atoms with Crippen LogP contribution in [0.2, 0.25) is 0 Å². The molecule has 0 radical (unpaired) electrons. The van der Waals surface area contributed by atoms with Crippen LogP contribution in [0, 0.1) is 0 Å². The van der Waals surface area contributed by atoms with Crippen molar-refractivity contribution in [3.63, 3.8) is 0 Å². The minimum Gasteiger partial charge on any atom is -0.462 e. The Kier molecular flexibility index (Phi) is 6.41. The van der Waals surface area contributed by atoms with Gasteiger partial charge in [0.25, 0.3) is 11.8 Å². The molecule has 32 heavy (non-hydrogen) atoms. The van der Waals surface area contributed by atoms with Crippen molar-refractivity contribution < 1.29 is 23.9 Å². The fourth-order valence-electron chi connectivity index (χ4n) is 4.43. The Balaban J connectivity index is 1.41. The van der Waals surface area contributed by atoms with Gasteiger partial charge in [-0.1, -0.05) is 19.1 Å². The van der Waals surface area contributed by atoms with E-state index in [1.165, 1.54) is 16.2 Å². The van der Waals surface area contributed by atoms with E-state index >= 15 is 0 Å². The number of esters is 1. The average molecular weight is 455 g/mol. The molecule has 2 heterocycles. The van der Waals surface area contributed by atoms with Crippen molar-refractivity contribution in [2.24, 2.45) is 0 Å². The van der Waals surface area contributed by atoms with Gasteiger partial charge in [-0.25, -0.2) is 4.79 Å². The number of carbonyl (C=O) groups excluding carboxylic acids is 4. The quantitative estimate of drug-likeness (QED) is 0.495. The predicted molar refractivity (Wildman–Crippen MR) is 121 cm³/mol. The molecule has 0 fully saturated rings. The van der Waals surface area contributed by atoms with Crippen molar-refractivity contribution >= 4 is 40.0 Å². The third-order valence-electron chi connectivity index (χ3n) is 5.95. The summed E-state index contributed by atoms with van der Waals surface area (Å²) in [4.78, 5) is 52.5. The maximum absolute atomic E-state index is 12.6. The molecule has 0 spiro atoms. The summed E-state index contributed by atoms with van der Waals surface area (Å²) >= 11 is 1.45. The molecule has 4 rings (SSSR count). The number of thiophene rings is 1. The van der Waals surface area contributed by atoms with E-state index in [1.54, 1.807) is 31.2 Å². The first kappa shape index (κ1) is 22.2. The summed E-state index contributed by atoms with van der Waals surface area (Å²) in [6.07, 6.45) is 3.43. The molecule has 1 aliphatic heterocycles. The van der Waals surface area contributed by atoms with Gasteiger partial charge in [0.1, 0.15) is 5.00 Å². The summed E-state index contributed by atoms with van der Waals surface area (Å²) < 4.78 is 5.26. The number of aryl methyl sites for hydroxylation is 1. The molecule has 8 heteroatoms. The molecule has 0 saturated carbocycles. The molecule has 3 amide bonds. The van der Waals surface area contributed by atoms with Crippen molar-refractivity contribution in [1.29, 1.82) is 0 Å². The van der Waals surface area contributed by atoms with Gasteiger partial charge in [0.05, 0.1) is 23.3 Å². The van der Waals surface area contributed by atoms with E-state index in [-0.39, 0.29) is 43.2 Å². The van der Waals surface area contributed by atoms with Crippen molar-refractivity contribution in [1.82, 2.24) is 4.90 Å². The van der Waals surface area contributed by atoms with Crippen molar-refractivity contribution in [2.75, 3.05) is 18.5 Å². The molecule has 1 unspecified atom stereocenters. The SMILES string of the molecule is CCOC(=O)c1c(NC(=O)CCCN2C(=O)c3ccccc3C2=O)sc2c1C(C)CCC2. The van der Waals surface area contributed by atoms with Crippen LogP contribution in [-0.2, 0) is 16.0 Å². The van der Waals surface area contributed by atoms with Gasteiger partial charge in [-0.3, -0.25) is 19.3 Å². The van der Waals surface area contributed by atoms with E-state index in [9.17, 15) is 19.2 Å². The minimum absolute atomic E-state index is 0.133. The molecular formula is C24H26N2O5S. The lowest BCUT2D eigenvalue weighted by molar-refractivity contribution is -0.116. The van der Waals surface area contributed by atoms with Crippen LogP contribution in [0.1, 0.15) is 87.0 Å². The molecule has 168 valence electrons. The maximum Gasteiger partial charge on any atom is 0.341 e. The Morgan fingerprint density at radius 2 is 1.88 bits per heavy atom. The monoisotopic (exact) mass is 454 g/mol. The van der Waals surface area contributed by atoms with E-state index in [2.05, 4.69) is 12.2 Å². The number of hydrogen-bond acceptors (Lipinski definition) is 6. The van der Waals surface area contributed by atoms with E-state index in [1.807, 2.05) is 0 Å². The molecule has 2 aliphatic rings. The Morgan fingerprint density at radius 1 is 1.19 bits per heavy atom. The highest BCUT2D eigenvalue weighted by molar-refractivity contribution is 7.17. The number of fused-ring (bicyclic) bond motifs is 2. The summed E-state index contributed by atoms with van der Waals surface area (Å²) in [5.74, 6) is -1.06. The number of nitrogens with zero attached hydrogens (tertiary/aromatic N) is 1. The van der Waals surface area contributed by atoms with Crippen LogP contribution in [0.15, 0.2) is 24.3 Å². The van der Waals surface area contributed by atoms with E-state index < -0.39 is 5.97 Å². The second kappa shape index (κ2) is 9.24. The van der Waals surface area contributed by atoms with Gasteiger partial charge in [-0.2, -0.15) is 0 Å². The number of amides is 3. The molecule has 1 N–H and O–H groups in total. The summed E-state index contributed by atoms with van der Waals surface area (Å²) in [5, 5.41) is 3.42. The molecule has 7 nitrogen and oxygen atoms in total. The number of imide groups is 1. The van der Waals surface area contributed by atoms with Gasteiger partial charge in [-0.05, 0) is 56.2 Å². The number of ether oxygens (including phenoxy) is 1. The molecule has 0 bridgehead atoms. The van der Waals surface area contributed by atoms with Gasteiger partial charge < -0.3 is 10.1 Å². The van der Waals surface area contributed by atoms with Gasteiger partial charge in [-0.15, -0.1) is 11.3 Å². The second-order valence-corrected chi connectivity index (χ2v) is 9.22. The fourth-order valence-corrected chi connectivity index (χ4v) is 5.80. The molecular weight excluding hydrogens is 428 g/mol. The number of benzene rings is 1. The summed E-state index contributed by atoms with van der Waals surface area (Å²) in [5.41, 5.74) is 2.28. The van der Waals surface area contributed by atoms with Crippen molar-refractivity contribution in [3.8, 4) is 0 Å². The zero-order valence-corrected chi connectivity index (χ0v) is 19.0. The number of rotatable bonds is 7. The second-order valence-electron chi connectivity index (χ2n) is 8.12. The Labute approximate surface area is 190 Å². The summed E-state index contributed by atoms with van der Waals surface area (Å²) in [7, 11) is 0. The van der Waals surface area contributed by atoms with Gasteiger partial charge in [0.15, 0.2) is 0 Å². The average Bonchev–Trinajstić information content (AvgIpc) is 3.25. The highest BCUT2D eigenvalue weighted by atomic mass is 32.1. The molecule has 2 aromatic rings. The maximum atomic E-state index is 12.6. The van der Waals surface area contributed by atoms with E-state index in [0.29, 0.717) is 28.1 Å². The minimum atomic E-state index is -0.403. The number of hydrogen-bond donors (Lipinski definition) is 1. The summed E-state index contributed by atoms with van der Waals surface area (Å²) in [6, 6.07) is 6.73. The van der Waals surface area contributed by atoms with Gasteiger partial charge in [0.2, 0.25) is 5.91 Å². The van der Waals surface area contributed by atoms with E-state index in [0.717, 1.165) is 29.7 Å². The Bertz CT molecular complexity index is 1060. The van der Waals surface area contributed by atoms with Crippen LogP contribution in [0.5, 0.6) is 0 Å². The largest absolute Gasteiger partial charge is 0.462 e. The molecule has 1 aliphatic carbocycles. The topological polar surface area (TPSA) is 92.8 Å². The first-order valence-electron chi connectivity index (χ1n) is 11.0. The summed E-state index contributed by atoms with van der Waals surface area (Å²) in [6.45, 7) is 4.30. The lowest BCUT2D eigenvalue weighted by atomic mass is 9.86. The van der Waals surface area contributed by atoms with Crippen LogP contribution in [0.3, 0.4) is 0 Å².